The van der Waals surface area contributed by atoms with E-state index in [1.165, 1.54) is 53.9 Å². The number of H-pyrrole nitrogens is 1. The zero-order valence-corrected chi connectivity index (χ0v) is 21.9. The van der Waals surface area contributed by atoms with E-state index in [1.54, 1.807) is 18.6 Å². The Kier molecular flexibility index (Phi) is 9.49. The van der Waals surface area contributed by atoms with Crippen molar-refractivity contribution in [1.29, 1.82) is 0 Å². The lowest BCUT2D eigenvalue weighted by molar-refractivity contribution is -0.138. The van der Waals surface area contributed by atoms with Crippen LogP contribution in [0.2, 0.25) is 5.15 Å². The second kappa shape index (κ2) is 12.2. The van der Waals surface area contributed by atoms with Gasteiger partial charge in [-0.05, 0) is 36.8 Å². The second-order valence-corrected chi connectivity index (χ2v) is 9.32. The number of nitrogens with zero attached hydrogens (tertiary/aromatic N) is 3. The summed E-state index contributed by atoms with van der Waals surface area (Å²) in [6.07, 6.45) is -5.31. The lowest BCUT2D eigenvalue weighted by Gasteiger charge is -2.09. The number of hydrogen-bond donors (Lipinski definition) is 1. The molecule has 0 aliphatic carbocycles. The Morgan fingerprint density at radius 3 is 1.74 bits per heavy atom. The summed E-state index contributed by atoms with van der Waals surface area (Å²) in [5.74, 6) is 0. The van der Waals surface area contributed by atoms with Gasteiger partial charge in [0.25, 0.3) is 5.56 Å². The summed E-state index contributed by atoms with van der Waals surface area (Å²) < 4.78 is 75.8. The van der Waals surface area contributed by atoms with Crippen LogP contribution in [-0.2, 0) is 12.4 Å². The van der Waals surface area contributed by atoms with Gasteiger partial charge in [0, 0.05) is 23.3 Å². The van der Waals surface area contributed by atoms with Crippen molar-refractivity contribution in [1.82, 2.24) is 19.9 Å². The number of aromatic nitrogens is 4. The highest BCUT2D eigenvalue weighted by molar-refractivity contribution is 7.98. The van der Waals surface area contributed by atoms with E-state index in [4.69, 9.17) is 11.6 Å². The molecule has 2 aromatic heterocycles. The van der Waals surface area contributed by atoms with Crippen LogP contribution in [0.15, 0.2) is 75.8 Å². The van der Waals surface area contributed by atoms with E-state index in [2.05, 4.69) is 19.9 Å². The van der Waals surface area contributed by atoms with Crippen molar-refractivity contribution in [2.45, 2.75) is 22.7 Å². The fraction of sp³-hybridized carbons (Fsp3) is 0.167. The van der Waals surface area contributed by atoms with E-state index in [1.807, 2.05) is 0 Å². The van der Waals surface area contributed by atoms with E-state index in [9.17, 15) is 31.1 Å². The first-order valence-corrected chi connectivity index (χ1v) is 13.2. The SMILES string of the molecule is CSc1nc(-c2cccc(C(F)(F)F)c2)cc(=O)[nH]1.CSc1nc(Cl)cc(-c2cccc(C(F)(F)F)c2)n1. The molecular weight excluding hydrogens is 574 g/mol. The van der Waals surface area contributed by atoms with Crippen LogP contribution in [0.1, 0.15) is 11.1 Å². The number of hydrogen-bond acceptors (Lipinski definition) is 6. The Labute approximate surface area is 226 Å². The molecule has 0 radical (unpaired) electrons. The van der Waals surface area contributed by atoms with Crippen molar-refractivity contribution < 1.29 is 26.3 Å². The average Bonchev–Trinajstić information content (AvgIpc) is 2.87. The molecule has 2 heterocycles. The molecule has 0 spiro atoms. The van der Waals surface area contributed by atoms with Crippen LogP contribution < -0.4 is 5.56 Å². The molecule has 200 valence electrons. The van der Waals surface area contributed by atoms with Gasteiger partial charge in [0.1, 0.15) is 5.15 Å². The molecule has 4 rings (SSSR count). The molecule has 2 aromatic carbocycles. The Morgan fingerprint density at radius 2 is 1.26 bits per heavy atom. The third-order valence-corrected chi connectivity index (χ3v) is 6.06. The second-order valence-electron chi connectivity index (χ2n) is 7.36. The van der Waals surface area contributed by atoms with Crippen LogP contribution >= 0.6 is 35.1 Å². The maximum absolute atomic E-state index is 12.6. The third-order valence-electron chi connectivity index (χ3n) is 4.74. The van der Waals surface area contributed by atoms with Crippen molar-refractivity contribution in [2.75, 3.05) is 12.5 Å². The summed E-state index contributed by atoms with van der Waals surface area (Å²) in [6, 6.07) is 12.3. The van der Waals surface area contributed by atoms with Crippen molar-refractivity contribution >= 4 is 35.1 Å². The zero-order valence-electron chi connectivity index (χ0n) is 19.5. The lowest BCUT2D eigenvalue weighted by Crippen LogP contribution is -2.08. The van der Waals surface area contributed by atoms with Crippen LogP contribution in [0.4, 0.5) is 26.3 Å². The number of halogens is 7. The summed E-state index contributed by atoms with van der Waals surface area (Å²) in [5, 5.41) is 0.978. The average molecular weight is 591 g/mol. The standard InChI is InChI=1S/C12H8ClF3N2S.C12H9F3N2OS/c1-19-11-17-9(6-10(13)18-11)7-3-2-4-8(5-7)12(14,15)16;1-19-11-16-9(6-10(18)17-11)7-3-2-4-8(5-7)12(13,14)15/h2-6H,1H3;2-6H,1H3,(H,16,17,18). The van der Waals surface area contributed by atoms with Gasteiger partial charge in [-0.25, -0.2) is 15.0 Å². The van der Waals surface area contributed by atoms with Gasteiger partial charge < -0.3 is 4.98 Å². The lowest BCUT2D eigenvalue weighted by atomic mass is 10.1. The van der Waals surface area contributed by atoms with Crippen LogP contribution in [0.5, 0.6) is 0 Å². The van der Waals surface area contributed by atoms with Crippen molar-refractivity contribution in [3.8, 4) is 22.5 Å². The smallest absolute Gasteiger partial charge is 0.301 e. The Hall–Kier alpha value is -3.03. The number of benzene rings is 2. The van der Waals surface area contributed by atoms with E-state index in [0.29, 0.717) is 21.6 Å². The molecule has 0 saturated heterocycles. The molecular formula is C24H17ClF6N4OS2. The van der Waals surface area contributed by atoms with Gasteiger partial charge in [-0.15, -0.1) is 0 Å². The van der Waals surface area contributed by atoms with Gasteiger partial charge in [-0.1, -0.05) is 59.4 Å². The highest BCUT2D eigenvalue weighted by Gasteiger charge is 2.31. The highest BCUT2D eigenvalue weighted by atomic mass is 35.5. The van der Waals surface area contributed by atoms with Crippen molar-refractivity contribution in [3.05, 3.63) is 87.3 Å². The van der Waals surface area contributed by atoms with E-state index < -0.39 is 29.0 Å². The van der Waals surface area contributed by atoms with Gasteiger partial charge in [0.05, 0.1) is 22.5 Å². The van der Waals surface area contributed by atoms with Gasteiger partial charge in [0.15, 0.2) is 10.3 Å². The molecule has 4 aromatic rings. The topological polar surface area (TPSA) is 71.5 Å². The first-order valence-electron chi connectivity index (χ1n) is 10.4. The van der Waals surface area contributed by atoms with E-state index in [-0.39, 0.29) is 16.4 Å². The van der Waals surface area contributed by atoms with Gasteiger partial charge in [-0.2, -0.15) is 26.3 Å². The molecule has 14 heteroatoms. The first kappa shape index (κ1) is 29.5. The van der Waals surface area contributed by atoms with E-state index >= 15 is 0 Å². The maximum Gasteiger partial charge on any atom is 0.416 e. The van der Waals surface area contributed by atoms with Crippen LogP contribution in [-0.4, -0.2) is 32.4 Å². The highest BCUT2D eigenvalue weighted by Crippen LogP contribution is 2.33. The first-order chi connectivity index (χ1) is 17.8. The molecule has 0 aliphatic heterocycles. The van der Waals surface area contributed by atoms with Crippen LogP contribution in [0.25, 0.3) is 22.5 Å². The number of nitrogens with one attached hydrogen (secondary N) is 1. The molecule has 0 unspecified atom stereocenters. The van der Waals surface area contributed by atoms with Gasteiger partial charge >= 0.3 is 12.4 Å². The molecule has 5 nitrogen and oxygen atoms in total. The number of thioether (sulfide) groups is 2. The Morgan fingerprint density at radius 1 is 0.737 bits per heavy atom. The minimum absolute atomic E-state index is 0.201. The molecule has 0 atom stereocenters. The molecule has 0 saturated carbocycles. The van der Waals surface area contributed by atoms with Gasteiger partial charge in [-0.3, -0.25) is 4.79 Å². The molecule has 0 aliphatic rings. The van der Waals surface area contributed by atoms with Crippen LogP contribution in [0, 0.1) is 0 Å². The monoisotopic (exact) mass is 590 g/mol. The third kappa shape index (κ3) is 7.98. The minimum Gasteiger partial charge on any atom is -0.301 e. The largest absolute Gasteiger partial charge is 0.416 e. The fourth-order valence-electron chi connectivity index (χ4n) is 3.03. The maximum atomic E-state index is 12.6. The van der Waals surface area contributed by atoms with Crippen LogP contribution in [0.3, 0.4) is 0 Å². The number of alkyl halides is 6. The normalized spacial score (nSPS) is 11.6. The van der Waals surface area contributed by atoms with Crippen molar-refractivity contribution in [3.63, 3.8) is 0 Å². The molecule has 1 N–H and O–H groups in total. The summed E-state index contributed by atoms with van der Waals surface area (Å²) in [4.78, 5) is 26.1. The molecule has 0 fully saturated rings. The van der Waals surface area contributed by atoms with Gasteiger partial charge in [0.2, 0.25) is 0 Å². The zero-order chi connectivity index (χ0) is 28.1. The number of aromatic amines is 1. The Balaban J connectivity index is 0.000000211. The minimum atomic E-state index is -4.42. The predicted octanol–water partition coefficient (Wildman–Crippen LogP) is 7.72. The fourth-order valence-corrected chi connectivity index (χ4v) is 4.03. The molecule has 38 heavy (non-hydrogen) atoms. The summed E-state index contributed by atoms with van der Waals surface area (Å²) in [6.45, 7) is 0. The number of rotatable bonds is 4. The quantitative estimate of drug-likeness (QED) is 0.114. The molecule has 0 bridgehead atoms. The predicted molar refractivity (Wildman–Crippen MR) is 136 cm³/mol. The molecule has 0 amide bonds. The Bertz CT molecular complexity index is 1480. The summed E-state index contributed by atoms with van der Waals surface area (Å²) in [7, 11) is 0. The summed E-state index contributed by atoms with van der Waals surface area (Å²) >= 11 is 8.31. The van der Waals surface area contributed by atoms with Crippen molar-refractivity contribution in [2.24, 2.45) is 0 Å². The van der Waals surface area contributed by atoms with E-state index in [0.717, 1.165) is 24.3 Å². The summed E-state index contributed by atoms with van der Waals surface area (Å²) in [5.41, 5.74) is -0.671.